The van der Waals surface area contributed by atoms with Gasteiger partial charge in [-0.25, -0.2) is 0 Å². The Morgan fingerprint density at radius 3 is 2.96 bits per heavy atom. The minimum atomic E-state index is 0. The van der Waals surface area contributed by atoms with Gasteiger partial charge in [-0.2, -0.15) is 11.8 Å². The number of thioether (sulfide) groups is 1. The van der Waals surface area contributed by atoms with Crippen LogP contribution in [0.1, 0.15) is 18.9 Å². The highest BCUT2D eigenvalue weighted by molar-refractivity contribution is 7.99. The Labute approximate surface area is 154 Å². The first-order chi connectivity index (χ1) is 11.3. The summed E-state index contributed by atoms with van der Waals surface area (Å²) in [6.45, 7) is 5.37. The summed E-state index contributed by atoms with van der Waals surface area (Å²) in [4.78, 5) is 12.1. The third-order valence-electron chi connectivity index (χ3n) is 3.49. The van der Waals surface area contributed by atoms with E-state index in [1.54, 1.807) is 0 Å². The maximum Gasteiger partial charge on any atom is 0.225 e. The Morgan fingerprint density at radius 2 is 2.21 bits per heavy atom. The van der Waals surface area contributed by atoms with Crippen molar-refractivity contribution in [2.45, 2.75) is 26.0 Å². The van der Waals surface area contributed by atoms with Gasteiger partial charge in [-0.3, -0.25) is 4.79 Å². The maximum atomic E-state index is 12.1. The first kappa shape index (κ1) is 21.3. The Hall–Kier alpha value is -0.790. The number of hydrogen-bond donors (Lipinski definition) is 2. The number of ether oxygens (including phenoxy) is 2. The van der Waals surface area contributed by atoms with Crippen LogP contribution in [0.25, 0.3) is 0 Å². The summed E-state index contributed by atoms with van der Waals surface area (Å²) in [5.41, 5.74) is 1.87. The van der Waals surface area contributed by atoms with Crippen LogP contribution in [0.2, 0.25) is 0 Å². The predicted octanol–water partition coefficient (Wildman–Crippen LogP) is 2.70. The molecule has 5 nitrogen and oxygen atoms in total. The summed E-state index contributed by atoms with van der Waals surface area (Å²) in [6.07, 6.45) is 0.516. The molecule has 0 spiro atoms. The molecule has 0 radical (unpaired) electrons. The Balaban J connectivity index is 0.00000288. The van der Waals surface area contributed by atoms with E-state index in [0.717, 1.165) is 29.3 Å². The van der Waals surface area contributed by atoms with Crippen LogP contribution >= 0.6 is 24.2 Å². The van der Waals surface area contributed by atoms with Crippen molar-refractivity contribution in [2.24, 2.45) is 0 Å². The van der Waals surface area contributed by atoms with E-state index in [1.807, 2.05) is 43.0 Å². The fourth-order valence-electron chi connectivity index (χ4n) is 2.38. The normalized spacial score (nSPS) is 17.1. The fourth-order valence-corrected chi connectivity index (χ4v) is 3.33. The van der Waals surface area contributed by atoms with Crippen LogP contribution in [-0.4, -0.2) is 49.8 Å². The van der Waals surface area contributed by atoms with Gasteiger partial charge in [0.2, 0.25) is 5.91 Å². The number of anilines is 1. The average molecular weight is 375 g/mol. The molecule has 1 unspecified atom stereocenters. The van der Waals surface area contributed by atoms with Gasteiger partial charge in [-0.1, -0.05) is 12.1 Å². The molecule has 0 saturated carbocycles. The van der Waals surface area contributed by atoms with Crippen LogP contribution in [-0.2, 0) is 20.9 Å². The minimum Gasteiger partial charge on any atom is -0.379 e. The zero-order valence-electron chi connectivity index (χ0n) is 14.1. The molecule has 1 heterocycles. The third-order valence-corrected chi connectivity index (χ3v) is 4.62. The summed E-state index contributed by atoms with van der Waals surface area (Å²) in [5.74, 6) is 2.18. The number of benzene rings is 1. The number of hydrogen-bond acceptors (Lipinski definition) is 5. The van der Waals surface area contributed by atoms with Crippen molar-refractivity contribution in [3.05, 3.63) is 29.8 Å². The van der Waals surface area contributed by atoms with E-state index < -0.39 is 0 Å². The molecular weight excluding hydrogens is 348 g/mol. The Bertz CT molecular complexity index is 485. The molecule has 1 fully saturated rings. The minimum absolute atomic E-state index is 0. The van der Waals surface area contributed by atoms with Crippen molar-refractivity contribution in [1.82, 2.24) is 5.32 Å². The third kappa shape index (κ3) is 8.35. The van der Waals surface area contributed by atoms with Gasteiger partial charge in [-0.15, -0.1) is 12.4 Å². The molecule has 136 valence electrons. The number of rotatable bonds is 9. The molecule has 7 heteroatoms. The average Bonchev–Trinajstić information content (AvgIpc) is 2.56. The van der Waals surface area contributed by atoms with Gasteiger partial charge in [-0.05, 0) is 24.6 Å². The molecule has 0 aliphatic carbocycles. The van der Waals surface area contributed by atoms with Crippen molar-refractivity contribution in [1.29, 1.82) is 0 Å². The molecule has 24 heavy (non-hydrogen) atoms. The van der Waals surface area contributed by atoms with Gasteiger partial charge in [0, 0.05) is 42.8 Å². The zero-order chi connectivity index (χ0) is 16.3. The van der Waals surface area contributed by atoms with Crippen molar-refractivity contribution in [3.8, 4) is 0 Å². The predicted molar refractivity (Wildman–Crippen MR) is 102 cm³/mol. The van der Waals surface area contributed by atoms with E-state index in [9.17, 15) is 4.79 Å². The quantitative estimate of drug-likeness (QED) is 0.651. The summed E-state index contributed by atoms with van der Waals surface area (Å²) in [7, 11) is 0. The van der Waals surface area contributed by atoms with Crippen LogP contribution in [0.4, 0.5) is 5.69 Å². The molecular formula is C17H27ClN2O3S. The molecule has 2 N–H and O–H groups in total. The van der Waals surface area contributed by atoms with E-state index >= 15 is 0 Å². The lowest BCUT2D eigenvalue weighted by molar-refractivity contribution is -0.116. The van der Waals surface area contributed by atoms with Gasteiger partial charge >= 0.3 is 0 Å². The molecule has 0 bridgehead atoms. The topological polar surface area (TPSA) is 59.6 Å². The monoisotopic (exact) mass is 374 g/mol. The Morgan fingerprint density at radius 1 is 1.38 bits per heavy atom. The van der Waals surface area contributed by atoms with Crippen molar-refractivity contribution < 1.29 is 14.3 Å². The fraction of sp³-hybridized carbons (Fsp3) is 0.588. The van der Waals surface area contributed by atoms with Crippen LogP contribution < -0.4 is 10.6 Å². The van der Waals surface area contributed by atoms with Gasteiger partial charge in [0.25, 0.3) is 0 Å². The highest BCUT2D eigenvalue weighted by atomic mass is 35.5. The van der Waals surface area contributed by atoms with Crippen LogP contribution in [0, 0.1) is 0 Å². The van der Waals surface area contributed by atoms with E-state index in [1.165, 1.54) is 0 Å². The second-order valence-electron chi connectivity index (χ2n) is 5.43. The summed E-state index contributed by atoms with van der Waals surface area (Å²) in [6, 6.07) is 8.08. The number of nitrogens with one attached hydrogen (secondary N) is 2. The highest BCUT2D eigenvalue weighted by Crippen LogP contribution is 2.14. The summed E-state index contributed by atoms with van der Waals surface area (Å²) < 4.78 is 10.8. The van der Waals surface area contributed by atoms with E-state index in [4.69, 9.17) is 9.47 Å². The maximum absolute atomic E-state index is 12.1. The molecule has 2 rings (SSSR count). The molecule has 1 saturated heterocycles. The van der Waals surface area contributed by atoms with Crippen LogP contribution in [0.5, 0.6) is 0 Å². The molecule has 1 atom stereocenters. The standard InChI is InChI=1S/C17H26N2O3S.ClH/c1-2-21-7-8-22-12-14-4-3-5-15(10-14)19-17(20)11-16-13-23-9-6-18-16;/h3-5,10,16,18H,2,6-9,11-13H2,1H3,(H,19,20);1H. The number of carbonyl (C=O) groups excluding carboxylic acids is 1. The van der Waals surface area contributed by atoms with Crippen molar-refractivity contribution in [2.75, 3.05) is 43.2 Å². The van der Waals surface area contributed by atoms with E-state index in [-0.39, 0.29) is 24.4 Å². The van der Waals surface area contributed by atoms with Crippen LogP contribution in [0.15, 0.2) is 24.3 Å². The summed E-state index contributed by atoms with van der Waals surface area (Å²) in [5, 5.41) is 6.35. The van der Waals surface area contributed by atoms with Crippen molar-refractivity contribution >= 4 is 35.8 Å². The number of carbonyl (C=O) groups is 1. The molecule has 1 aliphatic rings. The SMILES string of the molecule is CCOCCOCc1cccc(NC(=O)CC2CSCCN2)c1.Cl. The Kier molecular flexibility index (Phi) is 11.1. The second-order valence-corrected chi connectivity index (χ2v) is 6.58. The van der Waals surface area contributed by atoms with Gasteiger partial charge in [0.05, 0.1) is 19.8 Å². The molecule has 1 amide bonds. The highest BCUT2D eigenvalue weighted by Gasteiger charge is 2.16. The number of amides is 1. The van der Waals surface area contributed by atoms with Crippen molar-refractivity contribution in [3.63, 3.8) is 0 Å². The summed E-state index contributed by atoms with van der Waals surface area (Å²) >= 11 is 1.90. The lowest BCUT2D eigenvalue weighted by Gasteiger charge is -2.22. The number of halogens is 1. The first-order valence-corrected chi connectivity index (χ1v) is 9.29. The zero-order valence-corrected chi connectivity index (χ0v) is 15.7. The molecule has 0 aromatic heterocycles. The van der Waals surface area contributed by atoms with Gasteiger partial charge in [0.15, 0.2) is 0 Å². The lowest BCUT2D eigenvalue weighted by Crippen LogP contribution is -2.39. The van der Waals surface area contributed by atoms with E-state index in [0.29, 0.717) is 32.8 Å². The molecule has 1 aromatic rings. The second kappa shape index (κ2) is 12.6. The molecule has 1 aliphatic heterocycles. The van der Waals surface area contributed by atoms with Crippen LogP contribution in [0.3, 0.4) is 0 Å². The van der Waals surface area contributed by atoms with E-state index in [2.05, 4.69) is 10.6 Å². The van der Waals surface area contributed by atoms with Gasteiger partial charge in [0.1, 0.15) is 0 Å². The van der Waals surface area contributed by atoms with Gasteiger partial charge < -0.3 is 20.1 Å². The largest absolute Gasteiger partial charge is 0.379 e. The lowest BCUT2D eigenvalue weighted by atomic mass is 10.2. The molecule has 1 aromatic carbocycles. The first-order valence-electron chi connectivity index (χ1n) is 8.13. The smallest absolute Gasteiger partial charge is 0.225 e.